The Morgan fingerprint density at radius 2 is 1.84 bits per heavy atom. The molecule has 0 unspecified atom stereocenters. The van der Waals surface area contributed by atoms with Crippen LogP contribution in [-0.2, 0) is 10.0 Å². The Balaban J connectivity index is 1.51. The number of likely N-dealkylation sites (N-methyl/N-ethyl adjacent to an activating group) is 1. The van der Waals surface area contributed by atoms with Crippen LogP contribution in [0.3, 0.4) is 0 Å². The Labute approximate surface area is 185 Å². The van der Waals surface area contributed by atoms with E-state index in [1.807, 2.05) is 14.0 Å². The molecule has 0 radical (unpaired) electrons. The SMILES string of the molecule is CCOc1ccc(C(=O)Nc2nc3ccc(S(=O)(=O)N4CCN(C)CC4)cc3s2)cc1. The molecule has 1 amide bonds. The Morgan fingerprint density at radius 1 is 1.13 bits per heavy atom. The highest BCUT2D eigenvalue weighted by Crippen LogP contribution is 2.30. The molecule has 1 aromatic heterocycles. The molecular formula is C21H24N4O4S2. The number of piperazine rings is 1. The van der Waals surface area contributed by atoms with Gasteiger partial charge in [0.2, 0.25) is 10.0 Å². The third-order valence-corrected chi connectivity index (χ3v) is 7.94. The summed E-state index contributed by atoms with van der Waals surface area (Å²) in [5.41, 5.74) is 1.13. The Hall–Kier alpha value is -2.53. The number of carbonyl (C=O) groups is 1. The van der Waals surface area contributed by atoms with Gasteiger partial charge in [-0.3, -0.25) is 10.1 Å². The van der Waals surface area contributed by atoms with E-state index in [0.717, 1.165) is 0 Å². The Bertz CT molecular complexity index is 1180. The van der Waals surface area contributed by atoms with Crippen LogP contribution >= 0.6 is 11.3 Å². The quantitative estimate of drug-likeness (QED) is 0.608. The highest BCUT2D eigenvalue weighted by Gasteiger charge is 2.27. The summed E-state index contributed by atoms with van der Waals surface area (Å²) >= 11 is 1.25. The van der Waals surface area contributed by atoms with Crippen molar-refractivity contribution < 1.29 is 17.9 Å². The van der Waals surface area contributed by atoms with Crippen LogP contribution in [-0.4, -0.2) is 68.3 Å². The second-order valence-electron chi connectivity index (χ2n) is 7.27. The van der Waals surface area contributed by atoms with E-state index in [1.165, 1.54) is 15.6 Å². The van der Waals surface area contributed by atoms with Gasteiger partial charge in [-0.1, -0.05) is 11.3 Å². The normalized spacial score (nSPS) is 15.8. The summed E-state index contributed by atoms with van der Waals surface area (Å²) in [6, 6.07) is 11.8. The van der Waals surface area contributed by atoms with Crippen molar-refractivity contribution in [3.05, 3.63) is 48.0 Å². The minimum atomic E-state index is -3.56. The number of sulfonamides is 1. The molecule has 0 saturated carbocycles. The summed E-state index contributed by atoms with van der Waals surface area (Å²) in [4.78, 5) is 19.3. The number of thiazole rings is 1. The number of ether oxygens (including phenoxy) is 1. The second-order valence-corrected chi connectivity index (χ2v) is 10.2. The molecule has 2 aromatic carbocycles. The van der Waals surface area contributed by atoms with E-state index in [9.17, 15) is 13.2 Å². The lowest BCUT2D eigenvalue weighted by Gasteiger charge is -2.31. The largest absolute Gasteiger partial charge is 0.494 e. The van der Waals surface area contributed by atoms with E-state index >= 15 is 0 Å². The van der Waals surface area contributed by atoms with Crippen LogP contribution in [0.4, 0.5) is 5.13 Å². The molecule has 4 rings (SSSR count). The van der Waals surface area contributed by atoms with Crippen LogP contribution in [0.2, 0.25) is 0 Å². The first-order valence-electron chi connectivity index (χ1n) is 10.0. The molecule has 1 saturated heterocycles. The first kappa shape index (κ1) is 21.7. The fourth-order valence-corrected chi connectivity index (χ4v) is 5.76. The average Bonchev–Trinajstić information content (AvgIpc) is 3.16. The topological polar surface area (TPSA) is 91.8 Å². The number of nitrogens with one attached hydrogen (secondary N) is 1. The fourth-order valence-electron chi connectivity index (χ4n) is 3.33. The van der Waals surface area contributed by atoms with Crippen molar-refractivity contribution in [2.75, 3.05) is 45.2 Å². The van der Waals surface area contributed by atoms with Crippen molar-refractivity contribution in [3.63, 3.8) is 0 Å². The maximum absolute atomic E-state index is 13.0. The van der Waals surface area contributed by atoms with Gasteiger partial charge in [0.15, 0.2) is 5.13 Å². The smallest absolute Gasteiger partial charge is 0.257 e. The van der Waals surface area contributed by atoms with Gasteiger partial charge in [-0.15, -0.1) is 0 Å². The van der Waals surface area contributed by atoms with Crippen LogP contribution < -0.4 is 10.1 Å². The summed E-state index contributed by atoms with van der Waals surface area (Å²) in [6.45, 7) is 4.83. The molecule has 3 aromatic rings. The van der Waals surface area contributed by atoms with E-state index in [4.69, 9.17) is 4.74 Å². The number of amides is 1. The number of rotatable bonds is 6. The van der Waals surface area contributed by atoms with E-state index in [2.05, 4.69) is 15.2 Å². The highest BCUT2D eigenvalue weighted by atomic mass is 32.2. The second kappa shape index (κ2) is 8.91. The lowest BCUT2D eigenvalue weighted by molar-refractivity contribution is 0.102. The molecule has 8 nitrogen and oxygen atoms in total. The molecule has 0 aliphatic carbocycles. The standard InChI is InChI=1S/C21H24N4O4S2/c1-3-29-16-6-4-15(5-7-16)20(26)23-21-22-18-9-8-17(14-19(18)30-21)31(27,28)25-12-10-24(2)11-13-25/h4-9,14H,3,10-13H2,1-2H3,(H,22,23,26). The van der Waals surface area contributed by atoms with Crippen LogP contribution in [0.25, 0.3) is 10.2 Å². The number of hydrogen-bond donors (Lipinski definition) is 1. The van der Waals surface area contributed by atoms with Crippen LogP contribution in [0.1, 0.15) is 17.3 Å². The molecule has 0 spiro atoms. The van der Waals surface area contributed by atoms with Gasteiger partial charge in [0.05, 0.1) is 21.7 Å². The van der Waals surface area contributed by atoms with Gasteiger partial charge in [-0.05, 0) is 56.4 Å². The number of hydrogen-bond acceptors (Lipinski definition) is 7. The number of fused-ring (bicyclic) bond motifs is 1. The van der Waals surface area contributed by atoms with Crippen LogP contribution in [0.5, 0.6) is 5.75 Å². The molecule has 1 fully saturated rings. The summed E-state index contributed by atoms with van der Waals surface area (Å²) < 4.78 is 33.6. The maximum Gasteiger partial charge on any atom is 0.257 e. The zero-order valence-electron chi connectivity index (χ0n) is 17.4. The van der Waals surface area contributed by atoms with Crippen molar-refractivity contribution in [2.24, 2.45) is 0 Å². The highest BCUT2D eigenvalue weighted by molar-refractivity contribution is 7.89. The van der Waals surface area contributed by atoms with Gasteiger partial charge in [0.1, 0.15) is 5.75 Å². The molecule has 10 heteroatoms. The monoisotopic (exact) mass is 460 g/mol. The molecule has 2 heterocycles. The summed E-state index contributed by atoms with van der Waals surface area (Å²) in [6.07, 6.45) is 0. The zero-order valence-corrected chi connectivity index (χ0v) is 19.0. The lowest BCUT2D eigenvalue weighted by Crippen LogP contribution is -2.46. The number of aromatic nitrogens is 1. The molecule has 164 valence electrons. The molecule has 1 aliphatic rings. The van der Waals surface area contributed by atoms with Gasteiger partial charge in [0.25, 0.3) is 5.91 Å². The average molecular weight is 461 g/mol. The molecule has 31 heavy (non-hydrogen) atoms. The van der Waals surface area contributed by atoms with E-state index in [1.54, 1.807) is 42.5 Å². The Kier molecular flexibility index (Phi) is 6.24. The van der Waals surface area contributed by atoms with Gasteiger partial charge in [-0.25, -0.2) is 13.4 Å². The lowest BCUT2D eigenvalue weighted by atomic mass is 10.2. The molecule has 0 bridgehead atoms. The predicted molar refractivity (Wildman–Crippen MR) is 121 cm³/mol. The number of benzene rings is 2. The van der Waals surface area contributed by atoms with Crippen molar-refractivity contribution in [2.45, 2.75) is 11.8 Å². The third kappa shape index (κ3) is 4.72. The van der Waals surface area contributed by atoms with E-state index < -0.39 is 10.0 Å². The van der Waals surface area contributed by atoms with Crippen LogP contribution in [0, 0.1) is 0 Å². The van der Waals surface area contributed by atoms with Crippen LogP contribution in [0.15, 0.2) is 47.4 Å². The molecule has 1 N–H and O–H groups in total. The minimum absolute atomic E-state index is 0.248. The number of anilines is 1. The maximum atomic E-state index is 13.0. The van der Waals surface area contributed by atoms with E-state index in [0.29, 0.717) is 59.4 Å². The number of nitrogens with zero attached hydrogens (tertiary/aromatic N) is 3. The van der Waals surface area contributed by atoms with Crippen molar-refractivity contribution in [3.8, 4) is 5.75 Å². The van der Waals surface area contributed by atoms with E-state index in [-0.39, 0.29) is 10.8 Å². The molecule has 1 aliphatic heterocycles. The first-order chi connectivity index (χ1) is 14.9. The van der Waals surface area contributed by atoms with Gasteiger partial charge >= 0.3 is 0 Å². The van der Waals surface area contributed by atoms with Gasteiger partial charge < -0.3 is 9.64 Å². The van der Waals surface area contributed by atoms with Crippen molar-refractivity contribution in [1.82, 2.24) is 14.2 Å². The molecule has 0 atom stereocenters. The zero-order chi connectivity index (χ0) is 22.0. The van der Waals surface area contributed by atoms with Gasteiger partial charge in [0, 0.05) is 31.7 Å². The first-order valence-corrected chi connectivity index (χ1v) is 12.3. The minimum Gasteiger partial charge on any atom is -0.494 e. The van der Waals surface area contributed by atoms with Gasteiger partial charge in [-0.2, -0.15) is 4.31 Å². The summed E-state index contributed by atoms with van der Waals surface area (Å²) in [5, 5.41) is 3.21. The summed E-state index contributed by atoms with van der Waals surface area (Å²) in [5.74, 6) is 0.417. The van der Waals surface area contributed by atoms with Crippen molar-refractivity contribution >= 4 is 42.6 Å². The third-order valence-electron chi connectivity index (χ3n) is 5.11. The summed E-state index contributed by atoms with van der Waals surface area (Å²) in [7, 11) is -1.57. The number of carbonyl (C=O) groups excluding carboxylic acids is 1. The predicted octanol–water partition coefficient (Wildman–Crippen LogP) is 2.88. The Morgan fingerprint density at radius 3 is 2.52 bits per heavy atom. The van der Waals surface area contributed by atoms with Crippen molar-refractivity contribution in [1.29, 1.82) is 0 Å². The fraction of sp³-hybridized carbons (Fsp3) is 0.333. The molecular weight excluding hydrogens is 436 g/mol.